The summed E-state index contributed by atoms with van der Waals surface area (Å²) in [6.07, 6.45) is 2.16. The summed E-state index contributed by atoms with van der Waals surface area (Å²) < 4.78 is 0. The SMILES string of the molecule is CCNC(=O)C(C)NC(=O)C1NCCCC1C. The van der Waals surface area contributed by atoms with Gasteiger partial charge in [0.1, 0.15) is 6.04 Å². The molecule has 0 bridgehead atoms. The second-order valence-electron chi connectivity index (χ2n) is 4.68. The van der Waals surface area contributed by atoms with Gasteiger partial charge in [0.15, 0.2) is 0 Å². The van der Waals surface area contributed by atoms with E-state index >= 15 is 0 Å². The largest absolute Gasteiger partial charge is 0.355 e. The lowest BCUT2D eigenvalue weighted by Gasteiger charge is -2.29. The van der Waals surface area contributed by atoms with Crippen molar-refractivity contribution in [3.05, 3.63) is 0 Å². The smallest absolute Gasteiger partial charge is 0.242 e. The van der Waals surface area contributed by atoms with E-state index in [1.807, 2.05) is 6.92 Å². The predicted octanol–water partition coefficient (Wildman–Crippen LogP) is 0.0153. The molecule has 1 aliphatic rings. The average Bonchev–Trinajstić information content (AvgIpc) is 2.29. The van der Waals surface area contributed by atoms with Gasteiger partial charge in [0.05, 0.1) is 6.04 Å². The van der Waals surface area contributed by atoms with Crippen molar-refractivity contribution in [3.63, 3.8) is 0 Å². The monoisotopic (exact) mass is 241 g/mol. The predicted molar refractivity (Wildman–Crippen MR) is 66.5 cm³/mol. The Morgan fingerprint density at radius 2 is 2.18 bits per heavy atom. The zero-order valence-electron chi connectivity index (χ0n) is 10.9. The molecule has 0 aromatic heterocycles. The van der Waals surface area contributed by atoms with E-state index in [1.165, 1.54) is 0 Å². The Bertz CT molecular complexity index is 281. The van der Waals surface area contributed by atoms with E-state index in [4.69, 9.17) is 0 Å². The minimum absolute atomic E-state index is 0.0732. The van der Waals surface area contributed by atoms with Crippen LogP contribution in [0.25, 0.3) is 0 Å². The molecule has 0 spiro atoms. The van der Waals surface area contributed by atoms with Gasteiger partial charge >= 0.3 is 0 Å². The number of rotatable bonds is 4. The maximum Gasteiger partial charge on any atom is 0.242 e. The molecule has 1 saturated heterocycles. The molecule has 1 heterocycles. The Hall–Kier alpha value is -1.10. The van der Waals surface area contributed by atoms with Crippen LogP contribution in [0.4, 0.5) is 0 Å². The lowest BCUT2D eigenvalue weighted by Crippen LogP contribution is -2.55. The lowest BCUT2D eigenvalue weighted by molar-refractivity contribution is -0.130. The number of piperidine rings is 1. The second kappa shape index (κ2) is 6.59. The number of likely N-dealkylation sites (N-methyl/N-ethyl adjacent to an activating group) is 1. The molecule has 1 fully saturated rings. The molecule has 98 valence electrons. The van der Waals surface area contributed by atoms with Crippen molar-refractivity contribution >= 4 is 11.8 Å². The number of nitrogens with one attached hydrogen (secondary N) is 3. The minimum Gasteiger partial charge on any atom is -0.355 e. The molecule has 0 aromatic rings. The topological polar surface area (TPSA) is 70.2 Å². The quantitative estimate of drug-likeness (QED) is 0.649. The van der Waals surface area contributed by atoms with Crippen molar-refractivity contribution in [1.82, 2.24) is 16.0 Å². The van der Waals surface area contributed by atoms with Crippen LogP contribution in [0, 0.1) is 5.92 Å². The van der Waals surface area contributed by atoms with Crippen molar-refractivity contribution in [2.75, 3.05) is 13.1 Å². The first-order chi connectivity index (χ1) is 8.06. The van der Waals surface area contributed by atoms with Crippen molar-refractivity contribution < 1.29 is 9.59 Å². The maximum absolute atomic E-state index is 12.0. The molecule has 2 amide bonds. The summed E-state index contributed by atoms with van der Waals surface area (Å²) in [6.45, 7) is 7.08. The fraction of sp³-hybridized carbons (Fsp3) is 0.833. The number of carbonyl (C=O) groups is 2. The highest BCUT2D eigenvalue weighted by atomic mass is 16.2. The van der Waals surface area contributed by atoms with Crippen LogP contribution in [-0.4, -0.2) is 37.0 Å². The molecule has 0 radical (unpaired) electrons. The van der Waals surface area contributed by atoms with Crippen LogP contribution in [0.15, 0.2) is 0 Å². The highest BCUT2D eigenvalue weighted by Crippen LogP contribution is 2.15. The first kappa shape index (κ1) is 14.0. The molecule has 17 heavy (non-hydrogen) atoms. The fourth-order valence-electron chi connectivity index (χ4n) is 2.10. The van der Waals surface area contributed by atoms with E-state index in [-0.39, 0.29) is 17.9 Å². The van der Waals surface area contributed by atoms with Crippen LogP contribution in [0.3, 0.4) is 0 Å². The van der Waals surface area contributed by atoms with Crippen LogP contribution in [0.1, 0.15) is 33.6 Å². The van der Waals surface area contributed by atoms with E-state index < -0.39 is 6.04 Å². The standard InChI is InChI=1S/C12H23N3O2/c1-4-13-11(16)9(3)15-12(17)10-8(2)6-5-7-14-10/h8-10,14H,4-7H2,1-3H3,(H,13,16)(H,15,17). The van der Waals surface area contributed by atoms with Gasteiger partial charge in [-0.15, -0.1) is 0 Å². The van der Waals surface area contributed by atoms with Crippen LogP contribution >= 0.6 is 0 Å². The fourth-order valence-corrected chi connectivity index (χ4v) is 2.10. The maximum atomic E-state index is 12.0. The van der Waals surface area contributed by atoms with Crippen LogP contribution in [-0.2, 0) is 9.59 Å². The summed E-state index contributed by atoms with van der Waals surface area (Å²) in [5.74, 6) is 0.116. The Labute approximate surface area is 103 Å². The number of amides is 2. The van der Waals surface area contributed by atoms with E-state index in [2.05, 4.69) is 22.9 Å². The van der Waals surface area contributed by atoms with Gasteiger partial charge in [-0.05, 0) is 39.2 Å². The molecule has 5 nitrogen and oxygen atoms in total. The molecule has 1 rings (SSSR count). The second-order valence-corrected chi connectivity index (χ2v) is 4.68. The lowest BCUT2D eigenvalue weighted by atomic mass is 9.92. The molecule has 0 aliphatic carbocycles. The van der Waals surface area contributed by atoms with Crippen LogP contribution in [0.5, 0.6) is 0 Å². The highest BCUT2D eigenvalue weighted by Gasteiger charge is 2.28. The normalized spacial score (nSPS) is 26.1. The molecular weight excluding hydrogens is 218 g/mol. The molecule has 5 heteroatoms. The molecule has 0 saturated carbocycles. The number of hydrogen-bond donors (Lipinski definition) is 3. The molecule has 3 unspecified atom stereocenters. The number of hydrogen-bond acceptors (Lipinski definition) is 3. The van der Waals surface area contributed by atoms with E-state index in [0.717, 1.165) is 19.4 Å². The van der Waals surface area contributed by atoms with Crippen LogP contribution < -0.4 is 16.0 Å². The molecule has 3 atom stereocenters. The summed E-state index contributed by atoms with van der Waals surface area (Å²) >= 11 is 0. The van der Waals surface area contributed by atoms with Crippen molar-refractivity contribution in [3.8, 4) is 0 Å². The summed E-state index contributed by atoms with van der Waals surface area (Å²) in [6, 6.07) is -0.640. The first-order valence-electron chi connectivity index (χ1n) is 6.37. The minimum atomic E-state index is -0.474. The molecule has 3 N–H and O–H groups in total. The number of carbonyl (C=O) groups excluding carboxylic acids is 2. The van der Waals surface area contributed by atoms with Gasteiger partial charge in [0, 0.05) is 6.54 Å². The summed E-state index contributed by atoms with van der Waals surface area (Å²) in [7, 11) is 0. The Morgan fingerprint density at radius 1 is 1.47 bits per heavy atom. The average molecular weight is 241 g/mol. The van der Waals surface area contributed by atoms with E-state index in [0.29, 0.717) is 12.5 Å². The van der Waals surface area contributed by atoms with Gasteiger partial charge in [-0.3, -0.25) is 9.59 Å². The summed E-state index contributed by atoms with van der Waals surface area (Å²) in [5.41, 5.74) is 0. The highest BCUT2D eigenvalue weighted by molar-refractivity contribution is 5.89. The molecular formula is C12H23N3O2. The summed E-state index contributed by atoms with van der Waals surface area (Å²) in [5, 5.41) is 8.64. The first-order valence-corrected chi connectivity index (χ1v) is 6.37. The van der Waals surface area contributed by atoms with Crippen molar-refractivity contribution in [1.29, 1.82) is 0 Å². The van der Waals surface area contributed by atoms with Gasteiger partial charge in [0.25, 0.3) is 0 Å². The zero-order valence-corrected chi connectivity index (χ0v) is 10.9. The van der Waals surface area contributed by atoms with Gasteiger partial charge in [-0.25, -0.2) is 0 Å². The summed E-state index contributed by atoms with van der Waals surface area (Å²) in [4.78, 5) is 23.5. The van der Waals surface area contributed by atoms with Gasteiger partial charge in [-0.1, -0.05) is 6.92 Å². The van der Waals surface area contributed by atoms with Gasteiger partial charge in [0.2, 0.25) is 11.8 Å². The van der Waals surface area contributed by atoms with E-state index in [1.54, 1.807) is 6.92 Å². The van der Waals surface area contributed by atoms with Gasteiger partial charge in [-0.2, -0.15) is 0 Å². The van der Waals surface area contributed by atoms with Crippen LogP contribution in [0.2, 0.25) is 0 Å². The third kappa shape index (κ3) is 4.00. The molecule has 0 aromatic carbocycles. The third-order valence-electron chi connectivity index (χ3n) is 3.16. The van der Waals surface area contributed by atoms with Crippen molar-refractivity contribution in [2.45, 2.75) is 45.7 Å². The van der Waals surface area contributed by atoms with Crippen molar-refractivity contribution in [2.24, 2.45) is 5.92 Å². The Kier molecular flexibility index (Phi) is 5.41. The van der Waals surface area contributed by atoms with Gasteiger partial charge < -0.3 is 16.0 Å². The Morgan fingerprint density at radius 3 is 2.76 bits per heavy atom. The molecule has 1 aliphatic heterocycles. The Balaban J connectivity index is 2.44. The zero-order chi connectivity index (χ0) is 12.8. The third-order valence-corrected chi connectivity index (χ3v) is 3.16. The van der Waals surface area contributed by atoms with E-state index in [9.17, 15) is 9.59 Å².